The summed E-state index contributed by atoms with van der Waals surface area (Å²) >= 11 is 0. The molecular weight excluding hydrogens is 250 g/mol. The Bertz CT molecular complexity index is 383. The topological polar surface area (TPSA) is 51.0 Å². The standard InChI is InChI=1S/C16H29N3O/c1-4-6-13-7-9-14(10-8-13)16-18-15(20-19-16)11-12(3)17-5-2/h12-14,17H,4-11H2,1-3H3. The Labute approximate surface area is 122 Å². The quantitative estimate of drug-likeness (QED) is 0.827. The highest BCUT2D eigenvalue weighted by Gasteiger charge is 2.25. The van der Waals surface area contributed by atoms with Gasteiger partial charge in [-0.05, 0) is 45.1 Å². The minimum absolute atomic E-state index is 0.397. The Morgan fingerprint density at radius 1 is 1.25 bits per heavy atom. The second-order valence-electron chi connectivity index (χ2n) is 6.22. The van der Waals surface area contributed by atoms with Crippen LogP contribution in [-0.2, 0) is 6.42 Å². The average Bonchev–Trinajstić information content (AvgIpc) is 2.88. The highest BCUT2D eigenvalue weighted by Crippen LogP contribution is 2.36. The van der Waals surface area contributed by atoms with Crippen LogP contribution in [0.1, 0.15) is 76.9 Å². The van der Waals surface area contributed by atoms with E-state index < -0.39 is 0 Å². The molecule has 1 fully saturated rings. The summed E-state index contributed by atoms with van der Waals surface area (Å²) in [6.45, 7) is 7.53. The first-order valence-corrected chi connectivity index (χ1v) is 8.28. The van der Waals surface area contributed by atoms with Crippen LogP contribution < -0.4 is 5.32 Å². The van der Waals surface area contributed by atoms with Crippen LogP contribution in [0.3, 0.4) is 0 Å². The van der Waals surface area contributed by atoms with E-state index in [4.69, 9.17) is 4.52 Å². The molecule has 4 heteroatoms. The van der Waals surface area contributed by atoms with Gasteiger partial charge in [0.15, 0.2) is 5.82 Å². The first-order valence-electron chi connectivity index (χ1n) is 8.28. The Balaban J connectivity index is 1.83. The molecule has 0 amide bonds. The maximum absolute atomic E-state index is 5.41. The van der Waals surface area contributed by atoms with E-state index >= 15 is 0 Å². The second-order valence-corrected chi connectivity index (χ2v) is 6.22. The van der Waals surface area contributed by atoms with Crippen molar-refractivity contribution in [3.63, 3.8) is 0 Å². The maximum atomic E-state index is 5.41. The fraction of sp³-hybridized carbons (Fsp3) is 0.875. The van der Waals surface area contributed by atoms with Gasteiger partial charge >= 0.3 is 0 Å². The molecule has 1 unspecified atom stereocenters. The number of nitrogens with one attached hydrogen (secondary N) is 1. The van der Waals surface area contributed by atoms with E-state index in [1.54, 1.807) is 0 Å². The number of aromatic nitrogens is 2. The molecule has 1 heterocycles. The first-order chi connectivity index (χ1) is 9.72. The van der Waals surface area contributed by atoms with Gasteiger partial charge in [-0.3, -0.25) is 0 Å². The molecule has 1 N–H and O–H groups in total. The van der Waals surface area contributed by atoms with Crippen molar-refractivity contribution < 1.29 is 4.52 Å². The van der Waals surface area contributed by atoms with Gasteiger partial charge in [0, 0.05) is 18.4 Å². The third-order valence-electron chi connectivity index (χ3n) is 4.43. The molecule has 0 bridgehead atoms. The summed E-state index contributed by atoms with van der Waals surface area (Å²) in [5.41, 5.74) is 0. The molecular formula is C16H29N3O. The Kier molecular flexibility index (Phi) is 6.02. The molecule has 0 saturated heterocycles. The van der Waals surface area contributed by atoms with Gasteiger partial charge in [0.25, 0.3) is 0 Å². The smallest absolute Gasteiger partial charge is 0.228 e. The van der Waals surface area contributed by atoms with Crippen molar-refractivity contribution in [3.8, 4) is 0 Å². The monoisotopic (exact) mass is 279 g/mol. The summed E-state index contributed by atoms with van der Waals surface area (Å²) in [4.78, 5) is 4.61. The van der Waals surface area contributed by atoms with Gasteiger partial charge in [-0.25, -0.2) is 0 Å². The summed E-state index contributed by atoms with van der Waals surface area (Å²) < 4.78 is 5.41. The van der Waals surface area contributed by atoms with Crippen molar-refractivity contribution >= 4 is 0 Å². The lowest BCUT2D eigenvalue weighted by molar-refractivity contribution is 0.294. The molecule has 1 aliphatic rings. The maximum Gasteiger partial charge on any atom is 0.228 e. The Morgan fingerprint density at radius 2 is 2.00 bits per heavy atom. The highest BCUT2D eigenvalue weighted by atomic mass is 16.5. The fourth-order valence-electron chi connectivity index (χ4n) is 3.32. The van der Waals surface area contributed by atoms with Crippen LogP contribution in [-0.4, -0.2) is 22.7 Å². The van der Waals surface area contributed by atoms with Gasteiger partial charge in [0.1, 0.15) is 0 Å². The lowest BCUT2D eigenvalue weighted by Gasteiger charge is -2.26. The molecule has 0 radical (unpaired) electrons. The van der Waals surface area contributed by atoms with E-state index in [0.29, 0.717) is 12.0 Å². The van der Waals surface area contributed by atoms with E-state index in [2.05, 4.69) is 36.2 Å². The number of rotatable bonds is 7. The highest BCUT2D eigenvalue weighted by molar-refractivity contribution is 4.98. The SMILES string of the molecule is CCCC1CCC(c2noc(CC(C)NCC)n2)CC1. The predicted molar refractivity (Wildman–Crippen MR) is 80.7 cm³/mol. The molecule has 1 aromatic rings. The zero-order valence-corrected chi connectivity index (χ0v) is 13.2. The number of likely N-dealkylation sites (N-methyl/N-ethyl adjacent to an activating group) is 1. The van der Waals surface area contributed by atoms with Gasteiger partial charge < -0.3 is 9.84 Å². The van der Waals surface area contributed by atoms with Crippen LogP contribution in [0.25, 0.3) is 0 Å². The van der Waals surface area contributed by atoms with Crippen molar-refractivity contribution in [1.82, 2.24) is 15.5 Å². The summed E-state index contributed by atoms with van der Waals surface area (Å²) in [5, 5.41) is 7.58. The van der Waals surface area contributed by atoms with Gasteiger partial charge in [-0.1, -0.05) is 31.8 Å². The van der Waals surface area contributed by atoms with E-state index in [1.807, 2.05) is 0 Å². The van der Waals surface area contributed by atoms with Crippen LogP contribution in [0.5, 0.6) is 0 Å². The molecule has 1 saturated carbocycles. The normalized spacial score (nSPS) is 24.8. The summed E-state index contributed by atoms with van der Waals surface area (Å²) in [7, 11) is 0. The lowest BCUT2D eigenvalue weighted by atomic mass is 9.80. The summed E-state index contributed by atoms with van der Waals surface area (Å²) in [6, 6.07) is 0.397. The lowest BCUT2D eigenvalue weighted by Crippen LogP contribution is -2.27. The zero-order valence-electron chi connectivity index (χ0n) is 13.2. The van der Waals surface area contributed by atoms with Crippen molar-refractivity contribution in [2.45, 2.75) is 77.7 Å². The third kappa shape index (κ3) is 4.30. The third-order valence-corrected chi connectivity index (χ3v) is 4.43. The van der Waals surface area contributed by atoms with Gasteiger partial charge in [-0.2, -0.15) is 4.98 Å². The molecule has 0 aliphatic heterocycles. The molecule has 20 heavy (non-hydrogen) atoms. The van der Waals surface area contributed by atoms with E-state index in [0.717, 1.165) is 30.6 Å². The number of hydrogen-bond donors (Lipinski definition) is 1. The molecule has 1 aliphatic carbocycles. The van der Waals surface area contributed by atoms with Gasteiger partial charge in [-0.15, -0.1) is 0 Å². The van der Waals surface area contributed by atoms with Crippen molar-refractivity contribution in [2.75, 3.05) is 6.54 Å². The largest absolute Gasteiger partial charge is 0.339 e. The minimum Gasteiger partial charge on any atom is -0.339 e. The van der Waals surface area contributed by atoms with Crippen molar-refractivity contribution in [3.05, 3.63) is 11.7 Å². The van der Waals surface area contributed by atoms with Crippen LogP contribution >= 0.6 is 0 Å². The average molecular weight is 279 g/mol. The van der Waals surface area contributed by atoms with Gasteiger partial charge in [0.2, 0.25) is 5.89 Å². The number of nitrogens with zero attached hydrogens (tertiary/aromatic N) is 2. The van der Waals surface area contributed by atoms with Crippen LogP contribution in [0.2, 0.25) is 0 Å². The molecule has 4 nitrogen and oxygen atoms in total. The molecule has 0 aromatic carbocycles. The first kappa shape index (κ1) is 15.5. The summed E-state index contributed by atoms with van der Waals surface area (Å²) in [6.07, 6.45) is 8.63. The molecule has 114 valence electrons. The Morgan fingerprint density at radius 3 is 2.65 bits per heavy atom. The molecule has 0 spiro atoms. The predicted octanol–water partition coefficient (Wildman–Crippen LogP) is 3.68. The molecule has 1 atom stereocenters. The fourth-order valence-corrected chi connectivity index (χ4v) is 3.32. The van der Waals surface area contributed by atoms with Crippen LogP contribution in [0.15, 0.2) is 4.52 Å². The second kappa shape index (κ2) is 7.77. The molecule has 1 aromatic heterocycles. The van der Waals surface area contributed by atoms with Crippen LogP contribution in [0.4, 0.5) is 0 Å². The van der Waals surface area contributed by atoms with E-state index in [-0.39, 0.29) is 0 Å². The zero-order chi connectivity index (χ0) is 14.4. The summed E-state index contributed by atoms with van der Waals surface area (Å²) in [5.74, 6) is 3.18. The minimum atomic E-state index is 0.397. The van der Waals surface area contributed by atoms with Gasteiger partial charge in [0.05, 0.1) is 0 Å². The van der Waals surface area contributed by atoms with Crippen LogP contribution in [0, 0.1) is 5.92 Å². The van der Waals surface area contributed by atoms with E-state index in [1.165, 1.54) is 38.5 Å². The number of hydrogen-bond acceptors (Lipinski definition) is 4. The molecule has 2 rings (SSSR count). The van der Waals surface area contributed by atoms with Crippen molar-refractivity contribution in [1.29, 1.82) is 0 Å². The van der Waals surface area contributed by atoms with Crippen molar-refractivity contribution in [2.24, 2.45) is 5.92 Å². The van der Waals surface area contributed by atoms with E-state index in [9.17, 15) is 0 Å². The Hall–Kier alpha value is -0.900.